The molecule has 0 saturated carbocycles. The van der Waals surface area contributed by atoms with E-state index in [1.54, 1.807) is 30.3 Å². The number of fused-ring (bicyclic) bond motifs is 1. The highest BCUT2D eigenvalue weighted by atomic mass is 19.2. The molecule has 0 spiro atoms. The highest BCUT2D eigenvalue weighted by molar-refractivity contribution is 5.76. The molecular weight excluding hydrogens is 440 g/mol. The molecule has 0 aliphatic heterocycles. The second kappa shape index (κ2) is 7.97. The van der Waals surface area contributed by atoms with Crippen LogP contribution in [0.2, 0.25) is 0 Å². The van der Waals surface area contributed by atoms with E-state index in [0.29, 0.717) is 16.8 Å². The Hall–Kier alpha value is -4.35. The summed E-state index contributed by atoms with van der Waals surface area (Å²) >= 11 is 0. The zero-order chi connectivity index (χ0) is 23.1. The molecular formula is C21H14F4N8. The Balaban J connectivity index is 1.67. The summed E-state index contributed by atoms with van der Waals surface area (Å²) in [4.78, 5) is 21.0. The Morgan fingerprint density at radius 3 is 2.45 bits per heavy atom. The van der Waals surface area contributed by atoms with E-state index < -0.39 is 29.0 Å². The molecule has 4 aromatic heterocycles. The minimum absolute atomic E-state index is 0.0145. The van der Waals surface area contributed by atoms with E-state index in [0.717, 1.165) is 4.90 Å². The number of nitrogens with zero attached hydrogens (tertiary/aromatic N) is 7. The van der Waals surface area contributed by atoms with Crippen molar-refractivity contribution in [1.29, 1.82) is 0 Å². The lowest BCUT2D eigenvalue weighted by molar-refractivity contribution is 0.454. The maximum atomic E-state index is 14.7. The van der Waals surface area contributed by atoms with Gasteiger partial charge in [0.1, 0.15) is 22.8 Å². The lowest BCUT2D eigenvalue weighted by Gasteiger charge is -2.24. The highest BCUT2D eigenvalue weighted by Gasteiger charge is 2.27. The lowest BCUT2D eigenvalue weighted by Crippen LogP contribution is -2.22. The molecule has 5 rings (SSSR count). The molecule has 0 fully saturated rings. The average molecular weight is 454 g/mol. The van der Waals surface area contributed by atoms with Crippen LogP contribution in [0.4, 0.5) is 29.1 Å². The van der Waals surface area contributed by atoms with Gasteiger partial charge in [-0.25, -0.2) is 32.5 Å². The normalized spacial score (nSPS) is 11.3. The summed E-state index contributed by atoms with van der Waals surface area (Å²) in [7, 11) is 1.75. The van der Waals surface area contributed by atoms with Gasteiger partial charge in [0.2, 0.25) is 0 Å². The summed E-state index contributed by atoms with van der Waals surface area (Å²) < 4.78 is 59.0. The molecule has 0 unspecified atom stereocenters. The fraction of sp³-hybridized carbons (Fsp3) is 0.0952. The van der Waals surface area contributed by atoms with E-state index >= 15 is 0 Å². The zero-order valence-corrected chi connectivity index (χ0v) is 17.0. The number of anilines is 2. The molecule has 0 amide bonds. The SMILES string of the molecule is Cn1cc(-c2cnc3ccc(N(Cc4ncc[nH]4)c4c(F)c(F)cc(F)c4F)nc3n2)cn1. The van der Waals surface area contributed by atoms with Crippen molar-refractivity contribution in [3.63, 3.8) is 0 Å². The van der Waals surface area contributed by atoms with Crippen LogP contribution in [0.15, 0.2) is 49.2 Å². The second-order valence-electron chi connectivity index (χ2n) is 7.11. The number of aryl methyl sites for hydroxylation is 1. The van der Waals surface area contributed by atoms with Gasteiger partial charge in [-0.3, -0.25) is 9.67 Å². The van der Waals surface area contributed by atoms with Crippen LogP contribution in [-0.4, -0.2) is 34.7 Å². The first kappa shape index (κ1) is 20.5. The Bertz CT molecular complexity index is 1440. The van der Waals surface area contributed by atoms with Gasteiger partial charge >= 0.3 is 0 Å². The van der Waals surface area contributed by atoms with Crippen molar-refractivity contribution in [2.75, 3.05) is 4.90 Å². The number of rotatable bonds is 5. The molecule has 0 radical (unpaired) electrons. The molecule has 4 heterocycles. The summed E-state index contributed by atoms with van der Waals surface area (Å²) in [6.07, 6.45) is 7.83. The Morgan fingerprint density at radius 2 is 1.79 bits per heavy atom. The minimum atomic E-state index is -1.56. The average Bonchev–Trinajstić information content (AvgIpc) is 3.48. The Labute approximate surface area is 183 Å². The summed E-state index contributed by atoms with van der Waals surface area (Å²) in [6, 6.07) is 3.11. The smallest absolute Gasteiger partial charge is 0.185 e. The van der Waals surface area contributed by atoms with Gasteiger partial charge < -0.3 is 9.88 Å². The number of aromatic nitrogens is 7. The fourth-order valence-electron chi connectivity index (χ4n) is 3.34. The van der Waals surface area contributed by atoms with Crippen molar-refractivity contribution in [3.8, 4) is 11.3 Å². The number of pyridine rings is 1. The summed E-state index contributed by atoms with van der Waals surface area (Å²) in [5.41, 5.74) is 0.807. The van der Waals surface area contributed by atoms with Crippen LogP contribution in [0.25, 0.3) is 22.4 Å². The van der Waals surface area contributed by atoms with Gasteiger partial charge in [0.15, 0.2) is 28.9 Å². The molecule has 0 aliphatic carbocycles. The fourth-order valence-corrected chi connectivity index (χ4v) is 3.34. The van der Waals surface area contributed by atoms with Gasteiger partial charge in [0, 0.05) is 37.3 Å². The molecule has 0 aliphatic rings. The highest BCUT2D eigenvalue weighted by Crippen LogP contribution is 2.34. The van der Waals surface area contributed by atoms with E-state index in [1.165, 1.54) is 24.5 Å². The number of hydrogen-bond donors (Lipinski definition) is 1. The van der Waals surface area contributed by atoms with E-state index in [2.05, 4.69) is 30.0 Å². The third-order valence-electron chi connectivity index (χ3n) is 4.89. The van der Waals surface area contributed by atoms with Gasteiger partial charge in [0.05, 0.1) is 24.6 Å². The number of hydrogen-bond acceptors (Lipinski definition) is 6. The number of H-pyrrole nitrogens is 1. The van der Waals surface area contributed by atoms with E-state index in [1.807, 2.05) is 0 Å². The molecule has 5 aromatic rings. The molecule has 0 bridgehead atoms. The quantitative estimate of drug-likeness (QED) is 0.319. The Morgan fingerprint density at radius 1 is 1.00 bits per heavy atom. The lowest BCUT2D eigenvalue weighted by atomic mass is 10.2. The van der Waals surface area contributed by atoms with Crippen LogP contribution in [0, 0.1) is 23.3 Å². The molecule has 0 atom stereocenters. The van der Waals surface area contributed by atoms with Crippen molar-refractivity contribution in [2.24, 2.45) is 7.05 Å². The standard InChI is InChI=1S/C21H14F4N8/c1-32-9-11(7-29-32)15-8-28-14-2-3-17(31-21(14)30-15)33(10-16-26-4-5-27-16)20-18(24)12(22)6-13(23)19(20)25/h2-9H,10H2,1H3,(H,26,27). The van der Waals surface area contributed by atoms with Crippen LogP contribution in [0.1, 0.15) is 5.82 Å². The van der Waals surface area contributed by atoms with Crippen LogP contribution < -0.4 is 4.90 Å². The Kier molecular flexibility index (Phi) is 4.96. The minimum Gasteiger partial charge on any atom is -0.347 e. The van der Waals surface area contributed by atoms with Crippen LogP contribution in [0.3, 0.4) is 0 Å². The molecule has 12 heteroatoms. The number of halogens is 4. The van der Waals surface area contributed by atoms with Crippen molar-refractivity contribution >= 4 is 22.7 Å². The predicted molar refractivity (Wildman–Crippen MR) is 110 cm³/mol. The van der Waals surface area contributed by atoms with E-state index in [4.69, 9.17) is 0 Å². The first-order valence-corrected chi connectivity index (χ1v) is 9.62. The third-order valence-corrected chi connectivity index (χ3v) is 4.89. The summed E-state index contributed by atoms with van der Waals surface area (Å²) in [5.74, 6) is -5.91. The van der Waals surface area contributed by atoms with Crippen LogP contribution in [-0.2, 0) is 13.6 Å². The molecule has 33 heavy (non-hydrogen) atoms. The van der Waals surface area contributed by atoms with Crippen LogP contribution in [0.5, 0.6) is 0 Å². The number of nitrogens with one attached hydrogen (secondary N) is 1. The van der Waals surface area contributed by atoms with Crippen molar-refractivity contribution in [1.82, 2.24) is 34.7 Å². The van der Waals surface area contributed by atoms with Gasteiger partial charge in [0.25, 0.3) is 0 Å². The molecule has 8 nitrogen and oxygen atoms in total. The topological polar surface area (TPSA) is 88.4 Å². The third kappa shape index (κ3) is 3.75. The van der Waals surface area contributed by atoms with Crippen molar-refractivity contribution < 1.29 is 17.6 Å². The monoisotopic (exact) mass is 454 g/mol. The first-order valence-electron chi connectivity index (χ1n) is 9.62. The maximum absolute atomic E-state index is 14.7. The predicted octanol–water partition coefficient (Wildman–Crippen LogP) is 4.04. The first-order chi connectivity index (χ1) is 15.9. The van der Waals surface area contributed by atoms with Gasteiger partial charge in [-0.05, 0) is 12.1 Å². The van der Waals surface area contributed by atoms with Gasteiger partial charge in [-0.1, -0.05) is 0 Å². The van der Waals surface area contributed by atoms with Crippen LogP contribution >= 0.6 is 0 Å². The van der Waals surface area contributed by atoms with E-state index in [9.17, 15) is 17.6 Å². The largest absolute Gasteiger partial charge is 0.347 e. The zero-order valence-electron chi connectivity index (χ0n) is 17.0. The summed E-state index contributed by atoms with van der Waals surface area (Å²) in [6.45, 7) is -0.252. The van der Waals surface area contributed by atoms with Gasteiger partial charge in [-0.15, -0.1) is 0 Å². The van der Waals surface area contributed by atoms with Gasteiger partial charge in [-0.2, -0.15) is 5.10 Å². The molecule has 0 saturated heterocycles. The van der Waals surface area contributed by atoms with Crippen molar-refractivity contribution in [2.45, 2.75) is 6.54 Å². The summed E-state index contributed by atoms with van der Waals surface area (Å²) in [5, 5.41) is 4.09. The molecule has 1 aromatic carbocycles. The molecule has 1 N–H and O–H groups in total. The van der Waals surface area contributed by atoms with Crippen molar-refractivity contribution in [3.05, 3.63) is 78.3 Å². The number of benzene rings is 1. The maximum Gasteiger partial charge on any atom is 0.185 e. The molecule has 166 valence electrons. The number of aromatic amines is 1. The number of imidazole rings is 1. The second-order valence-corrected chi connectivity index (χ2v) is 7.11. The van der Waals surface area contributed by atoms with E-state index in [-0.39, 0.29) is 29.9 Å².